The lowest BCUT2D eigenvalue weighted by molar-refractivity contribution is 0.167. The van der Waals surface area contributed by atoms with Crippen LogP contribution in [0.25, 0.3) is 11.1 Å². The van der Waals surface area contributed by atoms with E-state index in [0.29, 0.717) is 0 Å². The lowest BCUT2D eigenvalue weighted by atomic mass is 10.0. The van der Waals surface area contributed by atoms with E-state index in [0.717, 1.165) is 42.1 Å². The number of benzene rings is 1. The van der Waals surface area contributed by atoms with E-state index in [-0.39, 0.29) is 6.04 Å². The maximum atomic E-state index is 11.2. The van der Waals surface area contributed by atoms with E-state index in [1.165, 1.54) is 13.5 Å². The van der Waals surface area contributed by atoms with Crippen molar-refractivity contribution in [1.29, 1.82) is 0 Å². The van der Waals surface area contributed by atoms with Crippen molar-refractivity contribution >= 4 is 12.0 Å². The Balaban J connectivity index is 1.62. The van der Waals surface area contributed by atoms with E-state index >= 15 is 0 Å². The Bertz CT molecular complexity index is 681. The first-order valence-corrected chi connectivity index (χ1v) is 8.16. The molecule has 1 aliphatic rings. The van der Waals surface area contributed by atoms with E-state index in [1.54, 1.807) is 0 Å². The number of nitrogens with one attached hydrogen (secondary N) is 1. The lowest BCUT2D eigenvalue weighted by Gasteiger charge is -2.30. The van der Waals surface area contributed by atoms with Gasteiger partial charge in [-0.15, -0.1) is 0 Å². The van der Waals surface area contributed by atoms with Gasteiger partial charge >= 0.3 is 6.09 Å². The van der Waals surface area contributed by atoms with Crippen molar-refractivity contribution in [1.82, 2.24) is 15.3 Å². The number of anilines is 1. The normalized spacial score (nSPS) is 14.7. The number of rotatable bonds is 5. The molecule has 1 aromatic heterocycles. The third kappa shape index (κ3) is 3.82. The standard InChI is InChI=1S/C18H22N4O2/c1-13(21-18(23)24-2)10-14-4-6-15(7-5-14)16-11-19-17(20-12-16)22-8-3-9-22/h4-7,11-13H,3,8-10H2,1-2H3,(H,21,23). The average molecular weight is 326 g/mol. The predicted octanol–water partition coefficient (Wildman–Crippen LogP) is 2.64. The van der Waals surface area contributed by atoms with E-state index in [2.05, 4.69) is 49.2 Å². The molecule has 24 heavy (non-hydrogen) atoms. The number of hydrogen-bond donors (Lipinski definition) is 1. The largest absolute Gasteiger partial charge is 0.453 e. The molecule has 6 nitrogen and oxygen atoms in total. The third-order valence-electron chi connectivity index (χ3n) is 4.16. The number of ether oxygens (including phenoxy) is 1. The van der Waals surface area contributed by atoms with Gasteiger partial charge < -0.3 is 15.0 Å². The van der Waals surface area contributed by atoms with Gasteiger partial charge in [-0.2, -0.15) is 0 Å². The predicted molar refractivity (Wildman–Crippen MR) is 93.0 cm³/mol. The molecule has 1 amide bonds. The molecule has 0 spiro atoms. The highest BCUT2D eigenvalue weighted by Gasteiger charge is 2.16. The van der Waals surface area contributed by atoms with Crippen LogP contribution in [0, 0.1) is 0 Å². The summed E-state index contributed by atoms with van der Waals surface area (Å²) in [5.74, 6) is 0.810. The van der Waals surface area contributed by atoms with E-state index in [9.17, 15) is 4.79 Å². The van der Waals surface area contributed by atoms with Crippen molar-refractivity contribution < 1.29 is 9.53 Å². The topological polar surface area (TPSA) is 67.3 Å². The van der Waals surface area contributed by atoms with Gasteiger partial charge in [-0.25, -0.2) is 14.8 Å². The number of hydrogen-bond acceptors (Lipinski definition) is 5. The first-order chi connectivity index (χ1) is 11.7. The molecule has 1 saturated heterocycles. The van der Waals surface area contributed by atoms with Crippen molar-refractivity contribution in [2.45, 2.75) is 25.8 Å². The maximum absolute atomic E-state index is 11.2. The zero-order valence-electron chi connectivity index (χ0n) is 14.0. The van der Waals surface area contributed by atoms with Crippen molar-refractivity contribution in [2.75, 3.05) is 25.1 Å². The number of carbonyl (C=O) groups is 1. The Morgan fingerprint density at radius 2 is 1.88 bits per heavy atom. The van der Waals surface area contributed by atoms with Gasteiger partial charge in [-0.05, 0) is 30.9 Å². The molecule has 0 aliphatic carbocycles. The van der Waals surface area contributed by atoms with E-state index in [4.69, 9.17) is 0 Å². The zero-order chi connectivity index (χ0) is 16.9. The van der Waals surface area contributed by atoms with E-state index in [1.807, 2.05) is 19.3 Å². The molecule has 0 radical (unpaired) electrons. The Hall–Kier alpha value is -2.63. The summed E-state index contributed by atoms with van der Waals surface area (Å²) in [4.78, 5) is 22.3. The maximum Gasteiger partial charge on any atom is 0.407 e. The highest BCUT2D eigenvalue weighted by atomic mass is 16.5. The molecule has 1 unspecified atom stereocenters. The van der Waals surface area contributed by atoms with Crippen LogP contribution in [0.3, 0.4) is 0 Å². The highest BCUT2D eigenvalue weighted by Crippen LogP contribution is 2.21. The summed E-state index contributed by atoms with van der Waals surface area (Å²) >= 11 is 0. The summed E-state index contributed by atoms with van der Waals surface area (Å²) in [7, 11) is 1.37. The number of alkyl carbamates (subject to hydrolysis) is 1. The van der Waals surface area contributed by atoms with Crippen LogP contribution in [0.1, 0.15) is 18.9 Å². The van der Waals surface area contributed by atoms with Gasteiger partial charge in [-0.3, -0.25) is 0 Å². The molecule has 1 aliphatic heterocycles. The van der Waals surface area contributed by atoms with Crippen LogP contribution in [0.15, 0.2) is 36.7 Å². The SMILES string of the molecule is COC(=O)NC(C)Cc1ccc(-c2cnc(N3CCC3)nc2)cc1. The van der Waals surface area contributed by atoms with Crippen LogP contribution < -0.4 is 10.2 Å². The molecule has 0 saturated carbocycles. The van der Waals surface area contributed by atoms with Gasteiger partial charge in [0.05, 0.1) is 7.11 Å². The molecule has 2 aromatic rings. The lowest BCUT2D eigenvalue weighted by Crippen LogP contribution is -2.38. The second kappa shape index (κ2) is 7.29. The minimum Gasteiger partial charge on any atom is -0.453 e. The van der Waals surface area contributed by atoms with Gasteiger partial charge in [-0.1, -0.05) is 24.3 Å². The smallest absolute Gasteiger partial charge is 0.407 e. The summed E-state index contributed by atoms with van der Waals surface area (Å²) < 4.78 is 4.61. The Morgan fingerprint density at radius 1 is 1.21 bits per heavy atom. The summed E-state index contributed by atoms with van der Waals surface area (Å²) in [5, 5.41) is 2.77. The van der Waals surface area contributed by atoms with Crippen molar-refractivity contribution in [2.24, 2.45) is 0 Å². The van der Waals surface area contributed by atoms with Crippen molar-refractivity contribution in [3.8, 4) is 11.1 Å². The van der Waals surface area contributed by atoms with Crippen LogP contribution in [-0.4, -0.2) is 42.3 Å². The molecular weight excluding hydrogens is 304 g/mol. The fraction of sp³-hybridized carbons (Fsp3) is 0.389. The van der Waals surface area contributed by atoms with Crippen LogP contribution >= 0.6 is 0 Å². The van der Waals surface area contributed by atoms with Crippen molar-refractivity contribution in [3.63, 3.8) is 0 Å². The molecule has 1 atom stereocenters. The third-order valence-corrected chi connectivity index (χ3v) is 4.16. The molecule has 126 valence electrons. The summed E-state index contributed by atoms with van der Waals surface area (Å²) in [6, 6.07) is 8.26. The van der Waals surface area contributed by atoms with Gasteiger partial charge in [0.15, 0.2) is 0 Å². The number of aromatic nitrogens is 2. The van der Waals surface area contributed by atoms with Gasteiger partial charge in [0.2, 0.25) is 5.95 Å². The van der Waals surface area contributed by atoms with Crippen LogP contribution in [0.2, 0.25) is 0 Å². The molecule has 0 bridgehead atoms. The Labute approximate surface area is 141 Å². The quantitative estimate of drug-likeness (QED) is 0.915. The number of methoxy groups -OCH3 is 1. The molecule has 3 rings (SSSR count). The number of nitrogens with zero attached hydrogens (tertiary/aromatic N) is 3. The Kier molecular flexibility index (Phi) is 4.93. The zero-order valence-corrected chi connectivity index (χ0v) is 14.0. The monoisotopic (exact) mass is 326 g/mol. The van der Waals surface area contributed by atoms with E-state index < -0.39 is 6.09 Å². The van der Waals surface area contributed by atoms with Crippen LogP contribution in [-0.2, 0) is 11.2 Å². The molecule has 1 fully saturated rings. The average Bonchev–Trinajstić information content (AvgIpc) is 2.54. The van der Waals surface area contributed by atoms with Crippen molar-refractivity contribution in [3.05, 3.63) is 42.2 Å². The molecule has 1 aromatic carbocycles. The van der Waals surface area contributed by atoms with Crippen LogP contribution in [0.5, 0.6) is 0 Å². The Morgan fingerprint density at radius 3 is 2.42 bits per heavy atom. The molecule has 2 heterocycles. The number of amides is 1. The highest BCUT2D eigenvalue weighted by molar-refractivity contribution is 5.67. The minimum atomic E-state index is -0.404. The van der Waals surface area contributed by atoms with Gasteiger partial charge in [0.1, 0.15) is 0 Å². The van der Waals surface area contributed by atoms with Gasteiger partial charge in [0.25, 0.3) is 0 Å². The summed E-state index contributed by atoms with van der Waals surface area (Å²) in [6.07, 6.45) is 5.31. The molecular formula is C18H22N4O2. The molecule has 6 heteroatoms. The van der Waals surface area contributed by atoms with Gasteiger partial charge in [0, 0.05) is 37.1 Å². The van der Waals surface area contributed by atoms with Crippen LogP contribution in [0.4, 0.5) is 10.7 Å². The second-order valence-electron chi connectivity index (χ2n) is 6.05. The fourth-order valence-electron chi connectivity index (χ4n) is 2.65. The number of carbonyl (C=O) groups excluding carboxylic acids is 1. The molecule has 1 N–H and O–H groups in total. The first kappa shape index (κ1) is 16.2. The summed E-state index contributed by atoms with van der Waals surface area (Å²) in [6.45, 7) is 4.05. The minimum absolute atomic E-state index is 0.0162. The first-order valence-electron chi connectivity index (χ1n) is 8.16. The fourth-order valence-corrected chi connectivity index (χ4v) is 2.65. The summed E-state index contributed by atoms with van der Waals surface area (Å²) in [5.41, 5.74) is 3.25. The second-order valence-corrected chi connectivity index (χ2v) is 6.05.